The number of nitrogens with one attached hydrogen (secondary N) is 2. The van der Waals surface area contributed by atoms with E-state index in [2.05, 4.69) is 20.6 Å². The summed E-state index contributed by atoms with van der Waals surface area (Å²) in [6, 6.07) is 0. The van der Waals surface area contributed by atoms with Crippen LogP contribution in [0.25, 0.3) is 0 Å². The Morgan fingerprint density at radius 3 is 2.90 bits per heavy atom. The minimum absolute atomic E-state index is 0.196. The second-order valence-corrected chi connectivity index (χ2v) is 4.92. The van der Waals surface area contributed by atoms with Gasteiger partial charge >= 0.3 is 0 Å². The van der Waals surface area contributed by atoms with Crippen molar-refractivity contribution in [3.63, 3.8) is 0 Å². The van der Waals surface area contributed by atoms with Crippen LogP contribution in [0.1, 0.15) is 24.6 Å². The lowest BCUT2D eigenvalue weighted by atomic mass is 10.1. The van der Waals surface area contributed by atoms with E-state index in [9.17, 15) is 4.79 Å². The summed E-state index contributed by atoms with van der Waals surface area (Å²) in [6.45, 7) is 5.09. The van der Waals surface area contributed by atoms with Gasteiger partial charge in [0, 0.05) is 18.8 Å². The summed E-state index contributed by atoms with van der Waals surface area (Å²) in [6.07, 6.45) is 5.28. The molecular weight excluding hydrogens is 278 g/mol. The van der Waals surface area contributed by atoms with Crippen molar-refractivity contribution >= 4 is 17.3 Å². The molecule has 2 N–H and O–H groups in total. The van der Waals surface area contributed by atoms with Crippen molar-refractivity contribution in [2.75, 3.05) is 11.9 Å². The Labute approximate surface area is 122 Å². The molecule has 2 rings (SSSR count). The van der Waals surface area contributed by atoms with Crippen LogP contribution >= 0.6 is 11.6 Å². The standard InChI is InChI=1S/C13H18ClN5O/c1-3-19-13(20)12(14)11(8-17-19)15-6-4-5-10-7-16-18-9(10)2/h7-8,15H,3-6H2,1-2H3,(H,16,18). The summed E-state index contributed by atoms with van der Waals surface area (Å²) in [5, 5.41) is 14.3. The van der Waals surface area contributed by atoms with E-state index >= 15 is 0 Å². The smallest absolute Gasteiger partial charge is 0.287 e. The van der Waals surface area contributed by atoms with Gasteiger partial charge < -0.3 is 5.32 Å². The summed E-state index contributed by atoms with van der Waals surface area (Å²) in [5.74, 6) is 0. The number of aryl methyl sites for hydroxylation is 3. The van der Waals surface area contributed by atoms with Gasteiger partial charge in [0.2, 0.25) is 0 Å². The molecule has 0 radical (unpaired) electrons. The summed E-state index contributed by atoms with van der Waals surface area (Å²) in [4.78, 5) is 11.8. The van der Waals surface area contributed by atoms with Crippen molar-refractivity contribution in [3.8, 4) is 0 Å². The van der Waals surface area contributed by atoms with Gasteiger partial charge in [0.15, 0.2) is 0 Å². The van der Waals surface area contributed by atoms with Crippen molar-refractivity contribution in [2.45, 2.75) is 33.2 Å². The summed E-state index contributed by atoms with van der Waals surface area (Å²) in [7, 11) is 0. The fraction of sp³-hybridized carbons (Fsp3) is 0.462. The van der Waals surface area contributed by atoms with Crippen LogP contribution < -0.4 is 10.9 Å². The molecule has 0 amide bonds. The molecule has 0 unspecified atom stereocenters. The normalized spacial score (nSPS) is 10.8. The van der Waals surface area contributed by atoms with Crippen molar-refractivity contribution in [1.82, 2.24) is 20.0 Å². The molecule has 2 aromatic heterocycles. The molecule has 0 bridgehead atoms. The number of rotatable bonds is 6. The maximum atomic E-state index is 11.8. The molecule has 0 spiro atoms. The van der Waals surface area contributed by atoms with Gasteiger partial charge in [-0.2, -0.15) is 10.2 Å². The predicted molar refractivity (Wildman–Crippen MR) is 79.3 cm³/mol. The first-order valence-corrected chi connectivity index (χ1v) is 6.99. The molecule has 0 saturated heterocycles. The zero-order chi connectivity index (χ0) is 14.5. The molecule has 20 heavy (non-hydrogen) atoms. The summed E-state index contributed by atoms with van der Waals surface area (Å²) < 4.78 is 1.34. The quantitative estimate of drug-likeness (QED) is 0.799. The number of aromatic amines is 1. The zero-order valence-corrected chi connectivity index (χ0v) is 12.4. The Morgan fingerprint density at radius 1 is 1.45 bits per heavy atom. The second-order valence-electron chi connectivity index (χ2n) is 4.54. The van der Waals surface area contributed by atoms with Crippen molar-refractivity contribution in [1.29, 1.82) is 0 Å². The first-order chi connectivity index (χ1) is 9.63. The van der Waals surface area contributed by atoms with Gasteiger partial charge in [-0.15, -0.1) is 0 Å². The van der Waals surface area contributed by atoms with Crippen LogP contribution in [0, 0.1) is 6.92 Å². The highest BCUT2D eigenvalue weighted by Gasteiger charge is 2.07. The first kappa shape index (κ1) is 14.6. The highest BCUT2D eigenvalue weighted by atomic mass is 35.5. The second kappa shape index (κ2) is 6.56. The lowest BCUT2D eigenvalue weighted by Crippen LogP contribution is -2.23. The van der Waals surface area contributed by atoms with E-state index in [1.165, 1.54) is 10.2 Å². The number of anilines is 1. The van der Waals surface area contributed by atoms with Crippen LogP contribution in [0.5, 0.6) is 0 Å². The summed E-state index contributed by atoms with van der Waals surface area (Å²) in [5.41, 5.74) is 2.63. The molecular formula is C13H18ClN5O. The Bertz CT molecular complexity index is 634. The van der Waals surface area contributed by atoms with E-state index in [1.54, 1.807) is 6.20 Å². The number of aromatic nitrogens is 4. The van der Waals surface area contributed by atoms with Crippen LogP contribution in [0.2, 0.25) is 5.02 Å². The molecule has 0 aromatic carbocycles. The number of hydrogen-bond acceptors (Lipinski definition) is 4. The van der Waals surface area contributed by atoms with Crippen LogP contribution in [0.15, 0.2) is 17.2 Å². The molecule has 108 valence electrons. The number of nitrogens with zero attached hydrogens (tertiary/aromatic N) is 3. The molecule has 0 aliphatic rings. The first-order valence-electron chi connectivity index (χ1n) is 6.61. The molecule has 0 atom stereocenters. The van der Waals surface area contributed by atoms with Crippen molar-refractivity contribution < 1.29 is 0 Å². The van der Waals surface area contributed by atoms with E-state index in [-0.39, 0.29) is 10.6 Å². The van der Waals surface area contributed by atoms with Gasteiger partial charge in [0.25, 0.3) is 5.56 Å². The minimum Gasteiger partial charge on any atom is -0.382 e. The van der Waals surface area contributed by atoms with Crippen LogP contribution in [-0.4, -0.2) is 26.5 Å². The average Bonchev–Trinajstić information content (AvgIpc) is 2.85. The number of hydrogen-bond donors (Lipinski definition) is 2. The monoisotopic (exact) mass is 295 g/mol. The maximum Gasteiger partial charge on any atom is 0.287 e. The highest BCUT2D eigenvalue weighted by Crippen LogP contribution is 2.15. The third kappa shape index (κ3) is 3.19. The largest absolute Gasteiger partial charge is 0.382 e. The molecule has 0 fully saturated rings. The van der Waals surface area contributed by atoms with E-state index in [4.69, 9.17) is 11.6 Å². The molecule has 2 heterocycles. The van der Waals surface area contributed by atoms with Gasteiger partial charge in [-0.3, -0.25) is 9.89 Å². The molecule has 2 aromatic rings. The number of halogens is 1. The van der Waals surface area contributed by atoms with Gasteiger partial charge in [0.1, 0.15) is 5.02 Å². The highest BCUT2D eigenvalue weighted by molar-refractivity contribution is 6.32. The lowest BCUT2D eigenvalue weighted by molar-refractivity contribution is 0.616. The van der Waals surface area contributed by atoms with E-state index in [1.807, 2.05) is 20.0 Å². The molecule has 7 heteroatoms. The Balaban J connectivity index is 1.90. The molecule has 0 saturated carbocycles. The minimum atomic E-state index is -0.259. The Kier molecular flexibility index (Phi) is 4.79. The SMILES string of the molecule is CCn1ncc(NCCCc2cn[nH]c2C)c(Cl)c1=O. The maximum absolute atomic E-state index is 11.8. The van der Waals surface area contributed by atoms with Gasteiger partial charge in [-0.25, -0.2) is 4.68 Å². The third-order valence-corrected chi connectivity index (χ3v) is 3.52. The van der Waals surface area contributed by atoms with Gasteiger partial charge in [-0.05, 0) is 32.3 Å². The van der Waals surface area contributed by atoms with Crippen LogP contribution in [-0.2, 0) is 13.0 Å². The van der Waals surface area contributed by atoms with E-state index < -0.39 is 0 Å². The lowest BCUT2D eigenvalue weighted by Gasteiger charge is -2.09. The molecule has 0 aliphatic heterocycles. The van der Waals surface area contributed by atoms with Crippen LogP contribution in [0.4, 0.5) is 5.69 Å². The third-order valence-electron chi connectivity index (χ3n) is 3.16. The van der Waals surface area contributed by atoms with E-state index in [0.29, 0.717) is 12.2 Å². The zero-order valence-electron chi connectivity index (χ0n) is 11.6. The fourth-order valence-electron chi connectivity index (χ4n) is 1.94. The van der Waals surface area contributed by atoms with Crippen molar-refractivity contribution in [2.24, 2.45) is 0 Å². The van der Waals surface area contributed by atoms with Gasteiger partial charge in [-0.1, -0.05) is 11.6 Å². The topological polar surface area (TPSA) is 75.6 Å². The molecule has 0 aliphatic carbocycles. The van der Waals surface area contributed by atoms with Gasteiger partial charge in [0.05, 0.1) is 18.1 Å². The van der Waals surface area contributed by atoms with Crippen molar-refractivity contribution in [3.05, 3.63) is 39.0 Å². The average molecular weight is 296 g/mol. The van der Waals surface area contributed by atoms with E-state index in [0.717, 1.165) is 25.1 Å². The summed E-state index contributed by atoms with van der Waals surface area (Å²) >= 11 is 6.03. The fourth-order valence-corrected chi connectivity index (χ4v) is 2.16. The van der Waals surface area contributed by atoms with Crippen LogP contribution in [0.3, 0.4) is 0 Å². The predicted octanol–water partition coefficient (Wildman–Crippen LogP) is 1.99. The molecule has 6 nitrogen and oxygen atoms in total. The number of H-pyrrole nitrogens is 1. The Hall–Kier alpha value is -1.82. The Morgan fingerprint density at radius 2 is 2.25 bits per heavy atom.